The third-order valence-electron chi connectivity index (χ3n) is 4.83. The van der Waals surface area contributed by atoms with Gasteiger partial charge in [0.05, 0.1) is 6.10 Å². The Hall–Kier alpha value is -0.980. The van der Waals surface area contributed by atoms with E-state index in [0.29, 0.717) is 13.1 Å². The van der Waals surface area contributed by atoms with E-state index >= 15 is 0 Å². The first-order chi connectivity index (χ1) is 10.4. The number of aliphatic hydroxyl groups excluding tert-OH is 1. The summed E-state index contributed by atoms with van der Waals surface area (Å²) in [4.78, 5) is 13.4. The molecule has 1 atom stereocenters. The highest BCUT2D eigenvalue weighted by Crippen LogP contribution is 2.49. The number of aliphatic hydroxyl groups is 1. The number of carbonyl (C=O) groups excluding carboxylic acids is 1. The van der Waals surface area contributed by atoms with E-state index in [1.807, 2.05) is 0 Å². The maximum atomic E-state index is 13.1. The van der Waals surface area contributed by atoms with Crippen molar-refractivity contribution in [2.45, 2.75) is 71.3 Å². The molecule has 1 aliphatic carbocycles. The van der Waals surface area contributed by atoms with Crippen LogP contribution in [0.25, 0.3) is 0 Å². The van der Waals surface area contributed by atoms with E-state index in [1.54, 1.807) is 20.8 Å². The molecule has 7 heteroatoms. The normalized spacial score (nSPS) is 23.5. The van der Waals surface area contributed by atoms with Gasteiger partial charge in [-0.2, -0.15) is 13.2 Å². The minimum Gasteiger partial charge on any atom is -0.436 e. The van der Waals surface area contributed by atoms with Crippen molar-refractivity contribution in [3.8, 4) is 0 Å². The molecule has 1 amide bonds. The van der Waals surface area contributed by atoms with Gasteiger partial charge < -0.3 is 14.7 Å². The fraction of sp³-hybridized carbons (Fsp3) is 0.938. The van der Waals surface area contributed by atoms with E-state index in [0.717, 1.165) is 25.7 Å². The minimum absolute atomic E-state index is 0.0744. The molecule has 2 aliphatic rings. The second kappa shape index (κ2) is 6.15. The van der Waals surface area contributed by atoms with Crippen LogP contribution in [-0.4, -0.2) is 47.6 Å². The molecule has 1 aliphatic heterocycles. The van der Waals surface area contributed by atoms with Gasteiger partial charge in [-0.3, -0.25) is 0 Å². The van der Waals surface area contributed by atoms with Crippen molar-refractivity contribution in [3.63, 3.8) is 0 Å². The third-order valence-corrected chi connectivity index (χ3v) is 4.83. The van der Waals surface area contributed by atoms with Crippen LogP contribution in [0.4, 0.5) is 18.0 Å². The Morgan fingerprint density at radius 3 is 2.17 bits per heavy atom. The van der Waals surface area contributed by atoms with E-state index < -0.39 is 23.8 Å². The number of hydrogen-bond acceptors (Lipinski definition) is 3. The molecule has 1 N–H and O–H groups in total. The van der Waals surface area contributed by atoms with Gasteiger partial charge in [-0.15, -0.1) is 0 Å². The number of carbonyl (C=O) groups is 1. The zero-order valence-electron chi connectivity index (χ0n) is 13.9. The Morgan fingerprint density at radius 1 is 1.26 bits per heavy atom. The lowest BCUT2D eigenvalue weighted by Gasteiger charge is -2.50. The quantitative estimate of drug-likeness (QED) is 0.835. The number of amides is 1. The molecule has 1 saturated heterocycles. The molecule has 134 valence electrons. The van der Waals surface area contributed by atoms with Crippen LogP contribution in [0.1, 0.15) is 52.9 Å². The molecule has 1 spiro atoms. The number of rotatable bonds is 2. The van der Waals surface area contributed by atoms with Crippen LogP contribution in [-0.2, 0) is 4.74 Å². The van der Waals surface area contributed by atoms with Crippen molar-refractivity contribution in [1.29, 1.82) is 0 Å². The third kappa shape index (κ3) is 4.75. The first-order valence-electron chi connectivity index (χ1n) is 8.11. The van der Waals surface area contributed by atoms with Crippen molar-refractivity contribution >= 4 is 6.09 Å². The summed E-state index contributed by atoms with van der Waals surface area (Å²) >= 11 is 0. The monoisotopic (exact) mass is 337 g/mol. The van der Waals surface area contributed by atoms with Crippen molar-refractivity contribution in [1.82, 2.24) is 4.90 Å². The molecular formula is C16H26F3NO3. The van der Waals surface area contributed by atoms with Crippen LogP contribution >= 0.6 is 0 Å². The summed E-state index contributed by atoms with van der Waals surface area (Å²) < 4.78 is 44.0. The average Bonchev–Trinajstić information content (AvgIpc) is 2.34. The van der Waals surface area contributed by atoms with Crippen LogP contribution in [0, 0.1) is 10.8 Å². The Kier molecular flexibility index (Phi) is 4.91. The molecule has 2 fully saturated rings. The molecule has 2 rings (SSSR count). The summed E-state index contributed by atoms with van der Waals surface area (Å²) in [5, 5.41) is 9.43. The number of halogens is 3. The van der Waals surface area contributed by atoms with Crippen molar-refractivity contribution in [2.24, 2.45) is 10.8 Å². The van der Waals surface area contributed by atoms with Gasteiger partial charge in [0.15, 0.2) is 6.10 Å². The van der Waals surface area contributed by atoms with Gasteiger partial charge in [0.2, 0.25) is 0 Å². The van der Waals surface area contributed by atoms with E-state index in [9.17, 15) is 23.1 Å². The molecule has 1 unspecified atom stereocenters. The topological polar surface area (TPSA) is 49.8 Å². The Balaban J connectivity index is 1.89. The van der Waals surface area contributed by atoms with E-state index in [1.165, 1.54) is 4.90 Å². The smallest absolute Gasteiger partial charge is 0.425 e. The number of piperidine rings is 1. The zero-order chi connectivity index (χ0) is 17.5. The fourth-order valence-electron chi connectivity index (χ4n) is 3.49. The molecular weight excluding hydrogens is 311 g/mol. The maximum absolute atomic E-state index is 13.1. The number of alkyl halides is 3. The van der Waals surface area contributed by atoms with Crippen molar-refractivity contribution in [3.05, 3.63) is 0 Å². The second-order valence-corrected chi connectivity index (χ2v) is 8.23. The SMILES string of the molecule is CC(C)(C)CC(OC(=O)N1CCC2(CC1)CC(O)C2)C(F)(F)F. The summed E-state index contributed by atoms with van der Waals surface area (Å²) in [5.74, 6) is 0. The highest BCUT2D eigenvalue weighted by Gasteiger charge is 2.48. The molecule has 0 aromatic carbocycles. The van der Waals surface area contributed by atoms with Gasteiger partial charge in [0.25, 0.3) is 0 Å². The molecule has 23 heavy (non-hydrogen) atoms. The summed E-state index contributed by atoms with van der Waals surface area (Å²) in [6.07, 6.45) is -5.15. The van der Waals surface area contributed by atoms with Gasteiger partial charge >= 0.3 is 12.3 Å². The van der Waals surface area contributed by atoms with Crippen LogP contribution in [0.3, 0.4) is 0 Å². The predicted molar refractivity (Wildman–Crippen MR) is 78.9 cm³/mol. The van der Waals surface area contributed by atoms with Gasteiger partial charge in [0, 0.05) is 13.1 Å². The molecule has 0 aromatic heterocycles. The van der Waals surface area contributed by atoms with E-state index in [4.69, 9.17) is 4.74 Å². The van der Waals surface area contributed by atoms with Crippen molar-refractivity contribution < 1.29 is 27.8 Å². The van der Waals surface area contributed by atoms with Crippen molar-refractivity contribution in [2.75, 3.05) is 13.1 Å². The lowest BCUT2D eigenvalue weighted by Crippen LogP contribution is -2.51. The lowest BCUT2D eigenvalue weighted by atomic mass is 9.61. The van der Waals surface area contributed by atoms with Crippen LogP contribution in [0.2, 0.25) is 0 Å². The summed E-state index contributed by atoms with van der Waals surface area (Å²) in [6.45, 7) is 5.85. The van der Waals surface area contributed by atoms with Gasteiger partial charge in [-0.25, -0.2) is 4.79 Å². The number of hydrogen-bond donors (Lipinski definition) is 1. The summed E-state index contributed by atoms with van der Waals surface area (Å²) in [6, 6.07) is 0. The molecule has 1 heterocycles. The molecule has 0 radical (unpaired) electrons. The van der Waals surface area contributed by atoms with Crippen LogP contribution in [0.15, 0.2) is 0 Å². The van der Waals surface area contributed by atoms with E-state index in [-0.39, 0.29) is 17.9 Å². The van der Waals surface area contributed by atoms with Gasteiger partial charge in [-0.05, 0) is 42.9 Å². The van der Waals surface area contributed by atoms with Crippen LogP contribution in [0.5, 0.6) is 0 Å². The summed E-state index contributed by atoms with van der Waals surface area (Å²) in [5.41, 5.74) is -0.514. The Bertz CT molecular complexity index is 429. The second-order valence-electron chi connectivity index (χ2n) is 8.23. The lowest BCUT2D eigenvalue weighted by molar-refractivity contribution is -0.213. The van der Waals surface area contributed by atoms with E-state index in [2.05, 4.69) is 0 Å². The minimum atomic E-state index is -4.56. The average molecular weight is 337 g/mol. The maximum Gasteiger partial charge on any atom is 0.425 e. The van der Waals surface area contributed by atoms with Crippen LogP contribution < -0.4 is 0 Å². The molecule has 4 nitrogen and oxygen atoms in total. The first-order valence-corrected chi connectivity index (χ1v) is 8.11. The standard InChI is InChI=1S/C16H26F3NO3/c1-14(2,3)10-12(16(17,18)19)23-13(22)20-6-4-15(5-7-20)8-11(21)9-15/h11-12,21H,4-10H2,1-3H3. The first kappa shape index (κ1) is 18.4. The Labute approximate surface area is 135 Å². The molecule has 0 bridgehead atoms. The number of ether oxygens (including phenoxy) is 1. The highest BCUT2D eigenvalue weighted by atomic mass is 19.4. The number of nitrogens with zero attached hydrogens (tertiary/aromatic N) is 1. The molecule has 1 saturated carbocycles. The zero-order valence-corrected chi connectivity index (χ0v) is 13.9. The number of likely N-dealkylation sites (tertiary alicyclic amines) is 1. The summed E-state index contributed by atoms with van der Waals surface area (Å²) in [7, 11) is 0. The molecule has 0 aromatic rings. The van der Waals surface area contributed by atoms with Gasteiger partial charge in [0.1, 0.15) is 0 Å². The highest BCUT2D eigenvalue weighted by molar-refractivity contribution is 5.68. The fourth-order valence-corrected chi connectivity index (χ4v) is 3.49. The Morgan fingerprint density at radius 2 is 1.78 bits per heavy atom. The largest absolute Gasteiger partial charge is 0.436 e. The predicted octanol–water partition coefficient (Wildman–Crippen LogP) is 3.73. The van der Waals surface area contributed by atoms with Gasteiger partial charge in [-0.1, -0.05) is 20.8 Å².